The molecule has 1 amide bonds. The molecular formula is C29H31N3OS. The molecule has 2 aromatic carbocycles. The van der Waals surface area contributed by atoms with Gasteiger partial charge in [0.05, 0.1) is 5.56 Å². The Morgan fingerprint density at radius 3 is 2.65 bits per heavy atom. The predicted molar refractivity (Wildman–Crippen MR) is 144 cm³/mol. The number of hydrogen-bond donors (Lipinski definition) is 2. The van der Waals surface area contributed by atoms with Gasteiger partial charge in [-0.2, -0.15) is 0 Å². The number of fused-ring (bicyclic) bond motifs is 2. The SMILES string of the molecule is Cc1cccc(NC(=O)c2c(N=Cc3c(C)[nH]c4ccccc34)sc3c2CCCCCC3)c1C. The second-order valence-electron chi connectivity index (χ2n) is 9.27. The lowest BCUT2D eigenvalue weighted by Gasteiger charge is -2.13. The molecule has 34 heavy (non-hydrogen) atoms. The quantitative estimate of drug-likeness (QED) is 0.294. The van der Waals surface area contributed by atoms with Gasteiger partial charge in [-0.3, -0.25) is 4.79 Å². The first-order valence-corrected chi connectivity index (χ1v) is 13.0. The second kappa shape index (κ2) is 9.59. The van der Waals surface area contributed by atoms with Crippen molar-refractivity contribution in [1.82, 2.24) is 4.98 Å². The van der Waals surface area contributed by atoms with E-state index in [-0.39, 0.29) is 5.91 Å². The molecule has 5 heteroatoms. The Morgan fingerprint density at radius 2 is 1.79 bits per heavy atom. The number of para-hydroxylation sites is 1. The number of anilines is 1. The fraction of sp³-hybridized carbons (Fsp3) is 0.310. The molecule has 4 nitrogen and oxygen atoms in total. The van der Waals surface area contributed by atoms with Crippen molar-refractivity contribution >= 4 is 45.0 Å². The first kappa shape index (κ1) is 22.6. The highest BCUT2D eigenvalue weighted by Gasteiger charge is 2.24. The molecule has 1 aliphatic carbocycles. The topological polar surface area (TPSA) is 57.2 Å². The van der Waals surface area contributed by atoms with E-state index in [0.29, 0.717) is 0 Å². The van der Waals surface area contributed by atoms with Gasteiger partial charge in [0.1, 0.15) is 5.00 Å². The maximum absolute atomic E-state index is 13.7. The normalized spacial score (nSPS) is 14.2. The number of aryl methyl sites for hydroxylation is 3. The molecule has 0 saturated heterocycles. The van der Waals surface area contributed by atoms with Crippen molar-refractivity contribution in [3.63, 3.8) is 0 Å². The maximum Gasteiger partial charge on any atom is 0.259 e. The summed E-state index contributed by atoms with van der Waals surface area (Å²) in [5.74, 6) is -0.0467. The van der Waals surface area contributed by atoms with Crippen molar-refractivity contribution in [2.24, 2.45) is 4.99 Å². The van der Waals surface area contributed by atoms with Crippen LogP contribution in [-0.2, 0) is 12.8 Å². The Labute approximate surface area is 205 Å². The molecule has 0 atom stereocenters. The summed E-state index contributed by atoms with van der Waals surface area (Å²) in [6.07, 6.45) is 8.69. The van der Waals surface area contributed by atoms with Crippen molar-refractivity contribution in [3.05, 3.63) is 80.9 Å². The minimum atomic E-state index is -0.0467. The van der Waals surface area contributed by atoms with Crippen LogP contribution in [0.15, 0.2) is 47.5 Å². The molecule has 5 rings (SSSR count). The fourth-order valence-corrected chi connectivity index (χ4v) is 6.12. The number of aromatic amines is 1. The van der Waals surface area contributed by atoms with Crippen LogP contribution < -0.4 is 5.32 Å². The Bertz CT molecular complexity index is 1390. The number of nitrogens with zero attached hydrogens (tertiary/aromatic N) is 1. The third kappa shape index (κ3) is 4.32. The molecule has 0 fully saturated rings. The zero-order valence-corrected chi connectivity index (χ0v) is 20.9. The third-order valence-electron chi connectivity index (χ3n) is 6.99. The zero-order valence-electron chi connectivity index (χ0n) is 20.1. The molecule has 0 radical (unpaired) electrons. The van der Waals surface area contributed by atoms with Crippen LogP contribution >= 0.6 is 11.3 Å². The van der Waals surface area contributed by atoms with E-state index in [2.05, 4.69) is 49.3 Å². The Kier molecular flexibility index (Phi) is 6.38. The fourth-order valence-electron chi connectivity index (χ4n) is 4.89. The highest BCUT2D eigenvalue weighted by Crippen LogP contribution is 2.39. The van der Waals surface area contributed by atoms with Gasteiger partial charge in [-0.15, -0.1) is 11.3 Å². The van der Waals surface area contributed by atoms with Crippen molar-refractivity contribution in [2.45, 2.75) is 59.3 Å². The highest BCUT2D eigenvalue weighted by molar-refractivity contribution is 7.16. The van der Waals surface area contributed by atoms with Crippen molar-refractivity contribution < 1.29 is 4.79 Å². The number of aromatic nitrogens is 1. The van der Waals surface area contributed by atoms with Crippen LogP contribution in [0.5, 0.6) is 0 Å². The summed E-state index contributed by atoms with van der Waals surface area (Å²) in [7, 11) is 0. The van der Waals surface area contributed by atoms with E-state index < -0.39 is 0 Å². The average molecular weight is 470 g/mol. The van der Waals surface area contributed by atoms with Crippen LogP contribution in [0.1, 0.15) is 68.9 Å². The van der Waals surface area contributed by atoms with Gasteiger partial charge >= 0.3 is 0 Å². The van der Waals surface area contributed by atoms with E-state index in [1.54, 1.807) is 11.3 Å². The molecule has 2 heterocycles. The van der Waals surface area contributed by atoms with Crippen molar-refractivity contribution in [3.8, 4) is 0 Å². The number of carbonyl (C=O) groups is 1. The number of H-pyrrole nitrogens is 1. The number of thiophene rings is 1. The first-order chi connectivity index (χ1) is 16.5. The van der Waals surface area contributed by atoms with Crippen LogP contribution in [0.25, 0.3) is 10.9 Å². The zero-order chi connectivity index (χ0) is 23.7. The lowest BCUT2D eigenvalue weighted by molar-refractivity contribution is 0.102. The van der Waals surface area contributed by atoms with Crippen LogP contribution in [0.2, 0.25) is 0 Å². The summed E-state index contributed by atoms with van der Waals surface area (Å²) in [6.45, 7) is 6.20. The lowest BCUT2D eigenvalue weighted by Crippen LogP contribution is -2.15. The molecule has 0 spiro atoms. The van der Waals surface area contributed by atoms with E-state index in [1.807, 2.05) is 30.5 Å². The van der Waals surface area contributed by atoms with Gasteiger partial charge < -0.3 is 10.3 Å². The molecule has 0 saturated carbocycles. The van der Waals surface area contributed by atoms with Gasteiger partial charge in [-0.25, -0.2) is 4.99 Å². The summed E-state index contributed by atoms with van der Waals surface area (Å²) in [5, 5.41) is 5.17. The van der Waals surface area contributed by atoms with E-state index in [9.17, 15) is 4.79 Å². The largest absolute Gasteiger partial charge is 0.358 e. The van der Waals surface area contributed by atoms with Crippen molar-refractivity contribution in [1.29, 1.82) is 0 Å². The van der Waals surface area contributed by atoms with Crippen LogP contribution in [-0.4, -0.2) is 17.1 Å². The highest BCUT2D eigenvalue weighted by atomic mass is 32.1. The number of amides is 1. The Balaban J connectivity index is 1.57. The van der Waals surface area contributed by atoms with Crippen LogP contribution in [0.3, 0.4) is 0 Å². The average Bonchev–Trinajstić information content (AvgIpc) is 3.31. The minimum absolute atomic E-state index is 0.0467. The molecular weight excluding hydrogens is 438 g/mol. The molecule has 1 aliphatic rings. The summed E-state index contributed by atoms with van der Waals surface area (Å²) in [5.41, 5.74) is 8.39. The first-order valence-electron chi connectivity index (χ1n) is 12.2. The summed E-state index contributed by atoms with van der Waals surface area (Å²) < 4.78 is 0. The molecule has 0 aliphatic heterocycles. The Morgan fingerprint density at radius 1 is 1.00 bits per heavy atom. The number of carbonyl (C=O) groups excluding carboxylic acids is 1. The van der Waals surface area contributed by atoms with Gasteiger partial charge in [0.25, 0.3) is 5.91 Å². The number of benzene rings is 2. The van der Waals surface area contributed by atoms with Crippen LogP contribution in [0, 0.1) is 20.8 Å². The summed E-state index contributed by atoms with van der Waals surface area (Å²) in [6, 6.07) is 14.3. The molecule has 2 aromatic heterocycles. The van der Waals surface area contributed by atoms with Gasteiger partial charge in [0.2, 0.25) is 0 Å². The van der Waals surface area contributed by atoms with Gasteiger partial charge in [0.15, 0.2) is 0 Å². The van der Waals surface area contributed by atoms with Crippen LogP contribution in [0.4, 0.5) is 10.7 Å². The number of rotatable bonds is 4. The van der Waals surface area contributed by atoms with E-state index in [0.717, 1.165) is 63.2 Å². The van der Waals surface area contributed by atoms with Gasteiger partial charge in [-0.1, -0.05) is 43.2 Å². The standard InChI is InChI=1S/C29H31N3OS/c1-18-11-10-15-24(19(18)2)32-28(33)27-22-13-6-4-5-7-16-26(22)34-29(27)30-17-23-20(3)31-25-14-9-8-12-21(23)25/h8-12,14-15,17,31H,4-7,13,16H2,1-3H3,(H,32,33). The molecule has 0 unspecified atom stereocenters. The summed E-state index contributed by atoms with van der Waals surface area (Å²) >= 11 is 1.69. The molecule has 174 valence electrons. The minimum Gasteiger partial charge on any atom is -0.358 e. The smallest absolute Gasteiger partial charge is 0.259 e. The lowest BCUT2D eigenvalue weighted by atomic mass is 9.96. The number of nitrogens with one attached hydrogen (secondary N) is 2. The number of hydrogen-bond acceptors (Lipinski definition) is 3. The third-order valence-corrected chi connectivity index (χ3v) is 8.19. The molecule has 2 N–H and O–H groups in total. The van der Waals surface area contributed by atoms with Gasteiger partial charge in [-0.05, 0) is 75.3 Å². The van der Waals surface area contributed by atoms with E-state index >= 15 is 0 Å². The maximum atomic E-state index is 13.7. The molecule has 4 aromatic rings. The van der Waals surface area contributed by atoms with Crippen molar-refractivity contribution in [2.75, 3.05) is 5.32 Å². The van der Waals surface area contributed by atoms with E-state index in [1.165, 1.54) is 35.3 Å². The monoisotopic (exact) mass is 469 g/mol. The number of aliphatic imine (C=N–C) groups is 1. The van der Waals surface area contributed by atoms with Gasteiger partial charge in [0, 0.05) is 38.9 Å². The van der Waals surface area contributed by atoms with E-state index in [4.69, 9.17) is 4.99 Å². The molecule has 0 bridgehead atoms. The second-order valence-corrected chi connectivity index (χ2v) is 10.4. The summed E-state index contributed by atoms with van der Waals surface area (Å²) in [4.78, 5) is 23.4. The Hall–Kier alpha value is -3.18. The predicted octanol–water partition coefficient (Wildman–Crippen LogP) is 7.82.